The molecule has 0 aliphatic heterocycles. The maximum Gasteiger partial charge on any atom is 0.0624 e. The van der Waals surface area contributed by atoms with Crippen LogP contribution in [0.4, 0.5) is 0 Å². The summed E-state index contributed by atoms with van der Waals surface area (Å²) in [7, 11) is 2.10. The lowest BCUT2D eigenvalue weighted by molar-refractivity contribution is 0.486. The summed E-state index contributed by atoms with van der Waals surface area (Å²) in [4.78, 5) is 0. The SMILES string of the molecule is CCCCCC(CCCC)c1cc(CC)nn1C. The van der Waals surface area contributed by atoms with Gasteiger partial charge >= 0.3 is 0 Å². The monoisotopic (exact) mass is 250 g/mol. The number of hydrogen-bond donors (Lipinski definition) is 0. The van der Waals surface area contributed by atoms with Crippen LogP contribution in [0.5, 0.6) is 0 Å². The Kier molecular flexibility index (Phi) is 7.07. The normalized spacial score (nSPS) is 12.9. The third-order valence-electron chi connectivity index (χ3n) is 3.81. The Labute approximate surface area is 113 Å². The van der Waals surface area contributed by atoms with Gasteiger partial charge in [-0.15, -0.1) is 0 Å². The van der Waals surface area contributed by atoms with Crippen molar-refractivity contribution >= 4 is 0 Å². The molecular formula is C16H30N2. The maximum absolute atomic E-state index is 4.60. The van der Waals surface area contributed by atoms with E-state index in [2.05, 4.69) is 43.7 Å². The second-order valence-electron chi connectivity index (χ2n) is 5.37. The van der Waals surface area contributed by atoms with Crippen LogP contribution < -0.4 is 0 Å². The van der Waals surface area contributed by atoms with Gasteiger partial charge < -0.3 is 0 Å². The number of aryl methyl sites for hydroxylation is 2. The molecule has 1 aromatic heterocycles. The van der Waals surface area contributed by atoms with Crippen molar-refractivity contribution in [2.75, 3.05) is 0 Å². The van der Waals surface area contributed by atoms with Crippen molar-refractivity contribution in [2.45, 2.75) is 78.1 Å². The largest absolute Gasteiger partial charge is 0.272 e. The molecule has 2 heteroatoms. The van der Waals surface area contributed by atoms with Gasteiger partial charge in [0.1, 0.15) is 0 Å². The average molecular weight is 250 g/mol. The molecule has 1 atom stereocenters. The molecule has 104 valence electrons. The molecule has 0 aliphatic rings. The van der Waals surface area contributed by atoms with Gasteiger partial charge in [0.2, 0.25) is 0 Å². The van der Waals surface area contributed by atoms with E-state index in [1.807, 2.05) is 0 Å². The molecule has 1 heterocycles. The third kappa shape index (κ3) is 4.47. The molecule has 1 aromatic rings. The second kappa shape index (κ2) is 8.34. The van der Waals surface area contributed by atoms with E-state index in [-0.39, 0.29) is 0 Å². The standard InChI is InChI=1S/C16H30N2/c1-5-8-10-12-14(11-9-6-2)16-13-15(7-3)17-18(16)4/h13-14H,5-12H2,1-4H3. The predicted molar refractivity (Wildman–Crippen MR) is 79.0 cm³/mol. The van der Waals surface area contributed by atoms with Gasteiger partial charge in [0.15, 0.2) is 0 Å². The zero-order valence-electron chi connectivity index (χ0n) is 12.7. The topological polar surface area (TPSA) is 17.8 Å². The van der Waals surface area contributed by atoms with Gasteiger partial charge in [-0.05, 0) is 25.3 Å². The summed E-state index contributed by atoms with van der Waals surface area (Å²) in [6.07, 6.45) is 10.4. The van der Waals surface area contributed by atoms with Gasteiger partial charge in [0.25, 0.3) is 0 Å². The fraction of sp³-hybridized carbons (Fsp3) is 0.812. The summed E-state index contributed by atoms with van der Waals surface area (Å²) >= 11 is 0. The molecule has 0 amide bonds. The molecule has 0 aliphatic carbocycles. The Morgan fingerprint density at radius 2 is 1.72 bits per heavy atom. The number of unbranched alkanes of at least 4 members (excludes halogenated alkanes) is 3. The average Bonchev–Trinajstić information content (AvgIpc) is 2.75. The number of rotatable bonds is 9. The number of aromatic nitrogens is 2. The van der Waals surface area contributed by atoms with Crippen LogP contribution in [0, 0.1) is 0 Å². The lowest BCUT2D eigenvalue weighted by Gasteiger charge is -2.16. The highest BCUT2D eigenvalue weighted by atomic mass is 15.3. The van der Waals surface area contributed by atoms with Crippen LogP contribution in [0.2, 0.25) is 0 Å². The first kappa shape index (κ1) is 15.3. The summed E-state index contributed by atoms with van der Waals surface area (Å²) < 4.78 is 2.12. The maximum atomic E-state index is 4.60. The fourth-order valence-corrected chi connectivity index (χ4v) is 2.63. The summed E-state index contributed by atoms with van der Waals surface area (Å²) in [5, 5.41) is 4.60. The molecule has 0 bridgehead atoms. The molecule has 0 saturated carbocycles. The minimum absolute atomic E-state index is 0.717. The third-order valence-corrected chi connectivity index (χ3v) is 3.81. The van der Waals surface area contributed by atoms with Gasteiger partial charge in [-0.3, -0.25) is 4.68 Å². The van der Waals surface area contributed by atoms with Crippen molar-refractivity contribution < 1.29 is 0 Å². The van der Waals surface area contributed by atoms with E-state index in [0.717, 1.165) is 6.42 Å². The van der Waals surface area contributed by atoms with Gasteiger partial charge in [-0.2, -0.15) is 5.10 Å². The minimum Gasteiger partial charge on any atom is -0.272 e. The molecule has 1 unspecified atom stereocenters. The van der Waals surface area contributed by atoms with E-state index in [0.29, 0.717) is 5.92 Å². The molecule has 18 heavy (non-hydrogen) atoms. The van der Waals surface area contributed by atoms with E-state index in [1.54, 1.807) is 0 Å². The minimum atomic E-state index is 0.717. The predicted octanol–water partition coefficient (Wildman–Crippen LogP) is 4.84. The smallest absolute Gasteiger partial charge is 0.0624 e. The summed E-state index contributed by atoms with van der Waals surface area (Å²) in [6.45, 7) is 6.74. The highest BCUT2D eigenvalue weighted by Crippen LogP contribution is 2.28. The van der Waals surface area contributed by atoms with E-state index in [1.165, 1.54) is 56.3 Å². The molecule has 0 fully saturated rings. The van der Waals surface area contributed by atoms with Crippen molar-refractivity contribution in [2.24, 2.45) is 7.05 Å². The lowest BCUT2D eigenvalue weighted by Crippen LogP contribution is -2.06. The Morgan fingerprint density at radius 1 is 1.06 bits per heavy atom. The molecule has 2 nitrogen and oxygen atoms in total. The quantitative estimate of drug-likeness (QED) is 0.574. The van der Waals surface area contributed by atoms with Crippen LogP contribution in [0.15, 0.2) is 6.07 Å². The summed E-state index contributed by atoms with van der Waals surface area (Å²) in [6, 6.07) is 2.33. The van der Waals surface area contributed by atoms with Crippen LogP contribution >= 0.6 is 0 Å². The fourth-order valence-electron chi connectivity index (χ4n) is 2.63. The lowest BCUT2D eigenvalue weighted by atomic mass is 9.92. The van der Waals surface area contributed by atoms with Crippen LogP contribution in [0.1, 0.15) is 83.0 Å². The highest BCUT2D eigenvalue weighted by Gasteiger charge is 2.15. The van der Waals surface area contributed by atoms with E-state index < -0.39 is 0 Å². The Hall–Kier alpha value is -0.790. The van der Waals surface area contributed by atoms with Crippen LogP contribution in [0.3, 0.4) is 0 Å². The molecular weight excluding hydrogens is 220 g/mol. The zero-order chi connectivity index (χ0) is 13.4. The second-order valence-corrected chi connectivity index (χ2v) is 5.37. The molecule has 1 rings (SSSR count). The molecule has 0 aromatic carbocycles. The highest BCUT2D eigenvalue weighted by molar-refractivity contribution is 5.14. The molecule has 0 spiro atoms. The van der Waals surface area contributed by atoms with Crippen LogP contribution in [-0.2, 0) is 13.5 Å². The van der Waals surface area contributed by atoms with Crippen LogP contribution in [0.25, 0.3) is 0 Å². The van der Waals surface area contributed by atoms with Crippen molar-refractivity contribution in [3.63, 3.8) is 0 Å². The first-order valence-electron chi connectivity index (χ1n) is 7.75. The molecule has 0 radical (unpaired) electrons. The van der Waals surface area contributed by atoms with Gasteiger partial charge in [-0.25, -0.2) is 0 Å². The van der Waals surface area contributed by atoms with E-state index in [4.69, 9.17) is 0 Å². The first-order chi connectivity index (χ1) is 8.72. The van der Waals surface area contributed by atoms with Crippen molar-refractivity contribution in [3.05, 3.63) is 17.5 Å². The van der Waals surface area contributed by atoms with E-state index >= 15 is 0 Å². The molecule has 0 saturated heterocycles. The summed E-state index contributed by atoms with van der Waals surface area (Å²) in [5.74, 6) is 0.717. The van der Waals surface area contributed by atoms with Crippen molar-refractivity contribution in [1.82, 2.24) is 9.78 Å². The van der Waals surface area contributed by atoms with Gasteiger partial charge in [-0.1, -0.05) is 52.9 Å². The summed E-state index contributed by atoms with van der Waals surface area (Å²) in [5.41, 5.74) is 2.70. The Balaban J connectivity index is 2.69. The zero-order valence-corrected chi connectivity index (χ0v) is 12.7. The first-order valence-corrected chi connectivity index (χ1v) is 7.75. The Morgan fingerprint density at radius 3 is 2.28 bits per heavy atom. The molecule has 0 N–H and O–H groups in total. The van der Waals surface area contributed by atoms with Crippen molar-refractivity contribution in [3.8, 4) is 0 Å². The van der Waals surface area contributed by atoms with Crippen molar-refractivity contribution in [1.29, 1.82) is 0 Å². The number of nitrogens with zero attached hydrogens (tertiary/aromatic N) is 2. The Bertz CT molecular complexity index is 328. The number of hydrogen-bond acceptors (Lipinski definition) is 1. The van der Waals surface area contributed by atoms with Crippen LogP contribution in [-0.4, -0.2) is 9.78 Å². The van der Waals surface area contributed by atoms with Gasteiger partial charge in [0.05, 0.1) is 5.69 Å². The van der Waals surface area contributed by atoms with E-state index in [9.17, 15) is 0 Å². The van der Waals surface area contributed by atoms with Gasteiger partial charge in [0, 0.05) is 18.7 Å².